The zero-order valence-corrected chi connectivity index (χ0v) is 13.9. The molecule has 20 heavy (non-hydrogen) atoms. The third-order valence-electron chi connectivity index (χ3n) is 3.48. The van der Waals surface area contributed by atoms with E-state index in [1.807, 2.05) is 0 Å². The zero-order valence-electron chi connectivity index (χ0n) is 13.1. The number of rotatable bonds is 5. The van der Waals surface area contributed by atoms with Crippen LogP contribution in [0, 0.1) is 6.67 Å². The third-order valence-corrected chi connectivity index (χ3v) is 4.02. The first-order valence-corrected chi connectivity index (χ1v) is 8.56. The summed E-state index contributed by atoms with van der Waals surface area (Å²) in [5.74, 6) is 1.95. The summed E-state index contributed by atoms with van der Waals surface area (Å²) < 4.78 is 0. The second-order valence-electron chi connectivity index (χ2n) is 5.75. The average Bonchev–Trinajstić information content (AvgIpc) is 2.86. The summed E-state index contributed by atoms with van der Waals surface area (Å²) in [4.78, 5) is 4.26. The van der Waals surface area contributed by atoms with E-state index >= 15 is 0 Å². The minimum Gasteiger partial charge on any atom is -0.337 e. The quantitative estimate of drug-likeness (QED) is 0.765. The fourth-order valence-corrected chi connectivity index (χ4v) is 2.90. The number of para-hydroxylation sites is 1. The van der Waals surface area contributed by atoms with Gasteiger partial charge in [0.05, 0.1) is 11.6 Å². The van der Waals surface area contributed by atoms with Gasteiger partial charge in [-0.25, -0.2) is 0 Å². The van der Waals surface area contributed by atoms with Gasteiger partial charge in [-0.3, -0.25) is 0 Å². The highest BCUT2D eigenvalue weighted by Crippen LogP contribution is 2.37. The van der Waals surface area contributed by atoms with Crippen molar-refractivity contribution in [3.8, 4) is 0 Å². The molecule has 0 unspecified atom stereocenters. The van der Waals surface area contributed by atoms with Crippen LogP contribution < -0.4 is 4.90 Å². The predicted octanol–water partition coefficient (Wildman–Crippen LogP) is 4.84. The van der Waals surface area contributed by atoms with Crippen molar-refractivity contribution in [1.29, 1.82) is 0 Å². The smallest absolute Gasteiger partial charge is 0.213 e. The highest BCUT2D eigenvalue weighted by Gasteiger charge is 2.23. The molecule has 0 aromatic heterocycles. The van der Waals surface area contributed by atoms with Crippen LogP contribution >= 0.6 is 11.8 Å². The predicted molar refractivity (Wildman–Crippen MR) is 89.7 cm³/mol. The minimum atomic E-state index is 0.508. The average molecular weight is 288 g/mol. The van der Waals surface area contributed by atoms with Gasteiger partial charge in [0.2, 0.25) is 6.67 Å². The van der Waals surface area contributed by atoms with Crippen molar-refractivity contribution in [3.05, 3.63) is 48.4 Å². The molecule has 0 saturated heterocycles. The lowest BCUT2D eigenvalue weighted by Crippen LogP contribution is -2.21. The summed E-state index contributed by atoms with van der Waals surface area (Å²) in [5.41, 5.74) is 4.08. The van der Waals surface area contributed by atoms with Gasteiger partial charge in [0.1, 0.15) is 0 Å². The molecule has 1 aliphatic rings. The Morgan fingerprint density at radius 3 is 2.15 bits per heavy atom. The van der Waals surface area contributed by atoms with Gasteiger partial charge in [-0.05, 0) is 29.2 Å². The number of anilines is 1. The number of hydrogen-bond donors (Lipinski definition) is 0. The van der Waals surface area contributed by atoms with E-state index in [-0.39, 0.29) is 0 Å². The molecule has 0 aliphatic carbocycles. The second-order valence-corrected chi connectivity index (χ2v) is 6.59. The summed E-state index contributed by atoms with van der Waals surface area (Å²) in [5, 5.41) is 0. The molecule has 108 valence electrons. The van der Waals surface area contributed by atoms with Crippen molar-refractivity contribution >= 4 is 17.4 Å². The van der Waals surface area contributed by atoms with E-state index in [4.69, 9.17) is 0 Å². The van der Waals surface area contributed by atoms with Gasteiger partial charge in [0, 0.05) is 12.4 Å². The molecule has 2 radical (unpaired) electrons. The monoisotopic (exact) mass is 288 g/mol. The summed E-state index contributed by atoms with van der Waals surface area (Å²) in [6.45, 7) is 12.4. The molecule has 0 fully saturated rings. The Labute approximate surface area is 127 Å². The first-order chi connectivity index (χ1) is 9.54. The molecular formula is C17H24N2S. The van der Waals surface area contributed by atoms with Gasteiger partial charge in [0.25, 0.3) is 0 Å². The molecule has 0 saturated carbocycles. The first-order valence-electron chi connectivity index (χ1n) is 7.16. The van der Waals surface area contributed by atoms with Crippen molar-refractivity contribution < 1.29 is 0 Å². The van der Waals surface area contributed by atoms with Gasteiger partial charge in [-0.1, -0.05) is 45.9 Å². The third kappa shape index (κ3) is 3.14. The number of benzene rings is 1. The molecule has 0 amide bonds. The van der Waals surface area contributed by atoms with Crippen LogP contribution in [-0.2, 0) is 0 Å². The normalized spacial score (nSPS) is 14.9. The topological polar surface area (TPSA) is 6.48 Å². The lowest BCUT2D eigenvalue weighted by Gasteiger charge is -2.26. The summed E-state index contributed by atoms with van der Waals surface area (Å²) in [7, 11) is 0. The van der Waals surface area contributed by atoms with Gasteiger partial charge in [-0.15, -0.1) is 11.8 Å². The number of thioether (sulfide) groups is 1. The van der Waals surface area contributed by atoms with E-state index in [1.165, 1.54) is 16.8 Å². The molecule has 0 spiro atoms. The molecule has 1 aromatic rings. The molecule has 2 rings (SSSR count). The van der Waals surface area contributed by atoms with Crippen LogP contribution in [0.4, 0.5) is 5.69 Å². The summed E-state index contributed by atoms with van der Waals surface area (Å²) >= 11 is 1.80. The molecular weight excluding hydrogens is 264 g/mol. The summed E-state index contributed by atoms with van der Waals surface area (Å²) in [6, 6.07) is 6.64. The zero-order chi connectivity index (χ0) is 14.7. The van der Waals surface area contributed by atoms with Gasteiger partial charge in [0.15, 0.2) is 0 Å². The first kappa shape index (κ1) is 15.3. The fraction of sp³-hybridized carbons (Fsp3) is 0.471. The number of nitrogens with zero attached hydrogens (tertiary/aromatic N) is 2. The molecule has 1 heterocycles. The Bertz CT molecular complexity index is 454. The fourth-order valence-electron chi connectivity index (χ4n) is 2.48. The maximum Gasteiger partial charge on any atom is 0.213 e. The largest absolute Gasteiger partial charge is 0.337 e. The molecule has 1 aliphatic heterocycles. The van der Waals surface area contributed by atoms with E-state index in [1.54, 1.807) is 11.8 Å². The summed E-state index contributed by atoms with van der Waals surface area (Å²) in [6.07, 6.45) is 6.32. The second kappa shape index (κ2) is 6.57. The van der Waals surface area contributed by atoms with Crippen LogP contribution in [0.25, 0.3) is 0 Å². The van der Waals surface area contributed by atoms with E-state index in [9.17, 15) is 0 Å². The molecule has 0 N–H and O–H groups in total. The van der Waals surface area contributed by atoms with Crippen LogP contribution in [0.15, 0.2) is 30.6 Å². The standard InChI is InChI=1S/C17H24N2S/c1-13(2)15-7-6-8-16(14(3)4)17(15)19-10-9-18(11-19)12-20-5/h6-10,13-14H,12H2,1-5H3. The highest BCUT2D eigenvalue weighted by molar-refractivity contribution is 7.98. The highest BCUT2D eigenvalue weighted by atomic mass is 32.2. The van der Waals surface area contributed by atoms with Gasteiger partial charge >= 0.3 is 0 Å². The molecule has 1 aromatic carbocycles. The van der Waals surface area contributed by atoms with Crippen molar-refractivity contribution in [2.45, 2.75) is 39.5 Å². The van der Waals surface area contributed by atoms with Crippen LogP contribution in [0.2, 0.25) is 0 Å². The molecule has 3 heteroatoms. The number of hydrogen-bond acceptors (Lipinski definition) is 3. The van der Waals surface area contributed by atoms with E-state index in [0.29, 0.717) is 11.8 Å². The minimum absolute atomic E-state index is 0.508. The van der Waals surface area contributed by atoms with Crippen molar-refractivity contribution in [2.75, 3.05) is 17.0 Å². The Morgan fingerprint density at radius 2 is 1.65 bits per heavy atom. The maximum atomic E-state index is 3.43. The van der Waals surface area contributed by atoms with Crippen LogP contribution in [0.5, 0.6) is 0 Å². The Morgan fingerprint density at radius 1 is 1.05 bits per heavy atom. The van der Waals surface area contributed by atoms with Crippen LogP contribution in [0.3, 0.4) is 0 Å². The van der Waals surface area contributed by atoms with E-state index in [0.717, 1.165) is 5.88 Å². The lowest BCUT2D eigenvalue weighted by molar-refractivity contribution is 0.552. The van der Waals surface area contributed by atoms with Gasteiger partial charge < -0.3 is 9.80 Å². The molecule has 0 atom stereocenters. The van der Waals surface area contributed by atoms with Crippen molar-refractivity contribution in [1.82, 2.24) is 4.90 Å². The van der Waals surface area contributed by atoms with Crippen molar-refractivity contribution in [2.24, 2.45) is 0 Å². The Kier molecular flexibility index (Phi) is 5.03. The van der Waals surface area contributed by atoms with E-state index < -0.39 is 0 Å². The van der Waals surface area contributed by atoms with Crippen molar-refractivity contribution in [3.63, 3.8) is 0 Å². The molecule has 0 bridgehead atoms. The SMILES string of the molecule is CSCN1[C]N(c2c(C(C)C)cccc2C(C)C)C=C1. The Hall–Kier alpha value is -1.09. The molecule has 2 nitrogen and oxygen atoms in total. The lowest BCUT2D eigenvalue weighted by atomic mass is 9.92. The Balaban J connectivity index is 2.37. The van der Waals surface area contributed by atoms with Gasteiger partial charge in [-0.2, -0.15) is 0 Å². The van der Waals surface area contributed by atoms with Crippen LogP contribution in [-0.4, -0.2) is 17.0 Å². The van der Waals surface area contributed by atoms with Crippen LogP contribution in [0.1, 0.15) is 50.7 Å². The maximum absolute atomic E-state index is 3.43. The van der Waals surface area contributed by atoms with E-state index in [2.05, 4.69) is 81.0 Å².